The van der Waals surface area contributed by atoms with Gasteiger partial charge in [-0.25, -0.2) is 0 Å². The summed E-state index contributed by atoms with van der Waals surface area (Å²) < 4.78 is 10.2. The van der Waals surface area contributed by atoms with E-state index in [1.54, 1.807) is 6.92 Å². The fourth-order valence-corrected chi connectivity index (χ4v) is 3.45. The van der Waals surface area contributed by atoms with Crippen molar-refractivity contribution in [1.29, 1.82) is 0 Å². The largest absolute Gasteiger partial charge is 0.466 e. The molecule has 0 fully saturated rings. The third-order valence-corrected chi connectivity index (χ3v) is 4.43. The summed E-state index contributed by atoms with van der Waals surface area (Å²) in [4.78, 5) is 23.8. The number of nitrogens with one attached hydrogen (secondary N) is 1. The summed E-state index contributed by atoms with van der Waals surface area (Å²) in [5.41, 5.74) is 1.94. The number of rotatable bonds is 8. The predicted octanol–water partition coefficient (Wildman–Crippen LogP) is 2.71. The first-order valence-corrected chi connectivity index (χ1v) is 8.76. The van der Waals surface area contributed by atoms with E-state index in [1.165, 1.54) is 5.56 Å². The van der Waals surface area contributed by atoms with Crippen LogP contribution in [0.4, 0.5) is 0 Å². The van der Waals surface area contributed by atoms with Crippen LogP contribution in [0.1, 0.15) is 50.7 Å². The number of carbonyl (C=O) groups is 2. The topological polar surface area (TPSA) is 64.6 Å². The van der Waals surface area contributed by atoms with Crippen molar-refractivity contribution in [3.63, 3.8) is 0 Å². The molecule has 0 aromatic heterocycles. The van der Waals surface area contributed by atoms with Crippen LogP contribution in [0.5, 0.6) is 0 Å². The van der Waals surface area contributed by atoms with Gasteiger partial charge in [-0.15, -0.1) is 0 Å². The molecule has 2 rings (SSSR count). The van der Waals surface area contributed by atoms with Crippen molar-refractivity contribution in [2.24, 2.45) is 0 Å². The van der Waals surface area contributed by atoms with E-state index >= 15 is 0 Å². The van der Waals surface area contributed by atoms with E-state index in [-0.39, 0.29) is 18.4 Å². The first-order chi connectivity index (χ1) is 11.6. The Morgan fingerprint density at radius 1 is 1.12 bits per heavy atom. The van der Waals surface area contributed by atoms with Crippen LogP contribution in [0.2, 0.25) is 0 Å². The highest BCUT2D eigenvalue weighted by atomic mass is 16.5. The van der Waals surface area contributed by atoms with Gasteiger partial charge < -0.3 is 14.8 Å². The van der Waals surface area contributed by atoms with Crippen molar-refractivity contribution in [2.45, 2.75) is 51.5 Å². The number of carbonyl (C=O) groups excluding carboxylic acids is 2. The van der Waals surface area contributed by atoms with Crippen LogP contribution < -0.4 is 5.32 Å². The van der Waals surface area contributed by atoms with E-state index in [2.05, 4.69) is 17.4 Å². The molecule has 1 aliphatic rings. The lowest BCUT2D eigenvalue weighted by atomic mass is 9.74. The maximum Gasteiger partial charge on any atom is 0.308 e. The Kier molecular flexibility index (Phi) is 6.79. The molecule has 0 amide bonds. The first kappa shape index (κ1) is 18.5. The van der Waals surface area contributed by atoms with E-state index in [1.807, 2.05) is 19.1 Å². The van der Waals surface area contributed by atoms with Crippen molar-refractivity contribution in [2.75, 3.05) is 19.8 Å². The fraction of sp³-hybridized carbons (Fsp3) is 0.579. The maximum absolute atomic E-state index is 12.2. The van der Waals surface area contributed by atoms with Crippen LogP contribution in [0.3, 0.4) is 0 Å². The number of ether oxygens (including phenoxy) is 2. The molecule has 0 bridgehead atoms. The second kappa shape index (κ2) is 8.83. The summed E-state index contributed by atoms with van der Waals surface area (Å²) in [7, 11) is 0. The number of benzene rings is 1. The SMILES string of the molecule is CCOC(=O)CCN[C@]1(CC(=O)OCC)CCCc2ccccc21. The molecule has 1 atom stereocenters. The maximum atomic E-state index is 12.2. The van der Waals surface area contributed by atoms with Gasteiger partial charge in [0.2, 0.25) is 0 Å². The second-order valence-electron chi connectivity index (χ2n) is 6.06. The highest BCUT2D eigenvalue weighted by Crippen LogP contribution is 2.38. The third-order valence-electron chi connectivity index (χ3n) is 4.43. The normalized spacial score (nSPS) is 19.4. The predicted molar refractivity (Wildman–Crippen MR) is 91.6 cm³/mol. The Labute approximate surface area is 143 Å². The van der Waals surface area contributed by atoms with Crippen LogP contribution in [-0.4, -0.2) is 31.7 Å². The lowest BCUT2D eigenvalue weighted by Gasteiger charge is -2.39. The fourth-order valence-electron chi connectivity index (χ4n) is 3.45. The molecule has 24 heavy (non-hydrogen) atoms. The summed E-state index contributed by atoms with van der Waals surface area (Å²) in [5.74, 6) is -0.432. The summed E-state index contributed by atoms with van der Waals surface area (Å²) in [6, 6.07) is 8.21. The van der Waals surface area contributed by atoms with E-state index in [0.29, 0.717) is 26.2 Å². The summed E-state index contributed by atoms with van der Waals surface area (Å²) in [6.07, 6.45) is 3.44. The average Bonchev–Trinajstić information content (AvgIpc) is 2.56. The van der Waals surface area contributed by atoms with Gasteiger partial charge in [0.05, 0.1) is 31.6 Å². The van der Waals surface area contributed by atoms with Crippen LogP contribution in [0, 0.1) is 0 Å². The van der Waals surface area contributed by atoms with Crippen molar-refractivity contribution in [1.82, 2.24) is 5.32 Å². The Hall–Kier alpha value is -1.88. The van der Waals surface area contributed by atoms with Gasteiger partial charge in [-0.1, -0.05) is 24.3 Å². The van der Waals surface area contributed by atoms with Gasteiger partial charge in [0.25, 0.3) is 0 Å². The number of esters is 2. The summed E-state index contributed by atoms with van der Waals surface area (Å²) in [5, 5.41) is 3.47. The molecule has 1 N–H and O–H groups in total. The highest BCUT2D eigenvalue weighted by molar-refractivity contribution is 5.72. The molecule has 0 unspecified atom stereocenters. The van der Waals surface area contributed by atoms with Gasteiger partial charge in [0, 0.05) is 6.54 Å². The zero-order valence-corrected chi connectivity index (χ0v) is 14.6. The minimum atomic E-state index is -0.465. The van der Waals surface area contributed by atoms with Crippen molar-refractivity contribution >= 4 is 11.9 Å². The Morgan fingerprint density at radius 3 is 2.58 bits per heavy atom. The molecule has 1 aromatic carbocycles. The van der Waals surface area contributed by atoms with Gasteiger partial charge in [0.15, 0.2) is 0 Å². The van der Waals surface area contributed by atoms with Crippen LogP contribution in [0.25, 0.3) is 0 Å². The first-order valence-electron chi connectivity index (χ1n) is 8.76. The van der Waals surface area contributed by atoms with E-state index < -0.39 is 5.54 Å². The summed E-state index contributed by atoms with van der Waals surface area (Å²) in [6.45, 7) is 4.85. The smallest absolute Gasteiger partial charge is 0.308 e. The molecule has 132 valence electrons. The quantitative estimate of drug-likeness (QED) is 0.741. The monoisotopic (exact) mass is 333 g/mol. The van der Waals surface area contributed by atoms with Crippen molar-refractivity contribution in [3.8, 4) is 0 Å². The minimum absolute atomic E-state index is 0.210. The number of hydrogen-bond donors (Lipinski definition) is 1. The van der Waals surface area contributed by atoms with Crippen LogP contribution >= 0.6 is 0 Å². The Bertz CT molecular complexity index is 572. The Morgan fingerprint density at radius 2 is 1.83 bits per heavy atom. The van der Waals surface area contributed by atoms with Gasteiger partial charge in [-0.2, -0.15) is 0 Å². The van der Waals surface area contributed by atoms with Crippen molar-refractivity contribution < 1.29 is 19.1 Å². The van der Waals surface area contributed by atoms with Gasteiger partial charge in [-0.3, -0.25) is 9.59 Å². The Balaban J connectivity index is 2.17. The summed E-state index contributed by atoms with van der Waals surface area (Å²) >= 11 is 0. The van der Waals surface area contributed by atoms with Crippen LogP contribution in [-0.2, 0) is 31.0 Å². The minimum Gasteiger partial charge on any atom is -0.466 e. The number of hydrogen-bond acceptors (Lipinski definition) is 5. The number of fused-ring (bicyclic) bond motifs is 1. The average molecular weight is 333 g/mol. The van der Waals surface area contributed by atoms with E-state index in [4.69, 9.17) is 9.47 Å². The molecule has 0 spiro atoms. The molecular formula is C19H27NO4. The van der Waals surface area contributed by atoms with Gasteiger partial charge in [-0.05, 0) is 44.2 Å². The lowest BCUT2D eigenvalue weighted by molar-refractivity contribution is -0.145. The zero-order valence-electron chi connectivity index (χ0n) is 14.6. The molecule has 5 nitrogen and oxygen atoms in total. The molecule has 5 heteroatoms. The standard InChI is InChI=1S/C19H27NO4/c1-3-23-17(21)11-13-20-19(14-18(22)24-4-2)12-7-9-15-8-5-6-10-16(15)19/h5-6,8,10,20H,3-4,7,9,11-14H2,1-2H3/t19-/m0/s1. The third kappa shape index (κ3) is 4.57. The molecule has 0 radical (unpaired) electrons. The molecule has 0 saturated heterocycles. The van der Waals surface area contributed by atoms with Gasteiger partial charge in [0.1, 0.15) is 0 Å². The highest BCUT2D eigenvalue weighted by Gasteiger charge is 2.38. The molecule has 1 aliphatic carbocycles. The van der Waals surface area contributed by atoms with E-state index in [9.17, 15) is 9.59 Å². The molecule has 1 aromatic rings. The van der Waals surface area contributed by atoms with E-state index in [0.717, 1.165) is 24.8 Å². The van der Waals surface area contributed by atoms with Crippen molar-refractivity contribution in [3.05, 3.63) is 35.4 Å². The van der Waals surface area contributed by atoms with Gasteiger partial charge >= 0.3 is 11.9 Å². The molecular weight excluding hydrogens is 306 g/mol. The molecule has 0 saturated carbocycles. The zero-order chi connectivity index (χ0) is 17.4. The number of aryl methyl sites for hydroxylation is 1. The van der Waals surface area contributed by atoms with Crippen LogP contribution in [0.15, 0.2) is 24.3 Å². The molecule has 0 heterocycles. The molecule has 0 aliphatic heterocycles. The second-order valence-corrected chi connectivity index (χ2v) is 6.06. The lowest BCUT2D eigenvalue weighted by Crippen LogP contribution is -2.47.